The lowest BCUT2D eigenvalue weighted by atomic mass is 10.1. The maximum atomic E-state index is 12.9. The van der Waals surface area contributed by atoms with E-state index in [1.807, 2.05) is 26.0 Å². The molecule has 7 nitrogen and oxygen atoms in total. The Kier molecular flexibility index (Phi) is 6.17. The summed E-state index contributed by atoms with van der Waals surface area (Å²) in [5.74, 6) is -0.343. The first-order valence-electron chi connectivity index (χ1n) is 9.86. The summed E-state index contributed by atoms with van der Waals surface area (Å²) in [4.78, 5) is 26.5. The SMILES string of the molecule is Cc1ccc(C)c(N([C@H](C)C(=O)Nc2ccc(N3CCCC3=O)cc2)S(C)(=O)=O)c1. The average Bonchev–Trinajstić information content (AvgIpc) is 3.10. The lowest BCUT2D eigenvalue weighted by Gasteiger charge is -2.29. The fourth-order valence-electron chi connectivity index (χ4n) is 3.63. The van der Waals surface area contributed by atoms with Crippen LogP contribution < -0.4 is 14.5 Å². The van der Waals surface area contributed by atoms with Crippen molar-refractivity contribution in [3.8, 4) is 0 Å². The molecular weight excluding hydrogens is 402 g/mol. The minimum atomic E-state index is -3.69. The van der Waals surface area contributed by atoms with Crippen molar-refractivity contribution in [3.63, 3.8) is 0 Å². The average molecular weight is 430 g/mol. The van der Waals surface area contributed by atoms with E-state index in [0.29, 0.717) is 24.3 Å². The van der Waals surface area contributed by atoms with Crippen LogP contribution in [0.4, 0.5) is 17.1 Å². The molecule has 160 valence electrons. The molecule has 0 saturated carbocycles. The number of rotatable bonds is 6. The van der Waals surface area contributed by atoms with Gasteiger partial charge in [-0.3, -0.25) is 13.9 Å². The third kappa shape index (κ3) is 4.64. The van der Waals surface area contributed by atoms with Crippen molar-refractivity contribution < 1.29 is 18.0 Å². The number of nitrogens with zero attached hydrogens (tertiary/aromatic N) is 2. The van der Waals surface area contributed by atoms with Crippen LogP contribution in [0.25, 0.3) is 0 Å². The van der Waals surface area contributed by atoms with Gasteiger partial charge in [-0.25, -0.2) is 8.42 Å². The van der Waals surface area contributed by atoms with Crippen LogP contribution in [0.5, 0.6) is 0 Å². The number of hydrogen-bond acceptors (Lipinski definition) is 4. The highest BCUT2D eigenvalue weighted by atomic mass is 32.2. The van der Waals surface area contributed by atoms with E-state index in [1.54, 1.807) is 42.2 Å². The van der Waals surface area contributed by atoms with Crippen LogP contribution in [0.15, 0.2) is 42.5 Å². The first-order valence-corrected chi connectivity index (χ1v) is 11.7. The van der Waals surface area contributed by atoms with Crippen molar-refractivity contribution in [1.82, 2.24) is 0 Å². The summed E-state index contributed by atoms with van der Waals surface area (Å²) in [5, 5.41) is 2.78. The number of sulfonamides is 1. The predicted molar refractivity (Wildman–Crippen MR) is 119 cm³/mol. The Hall–Kier alpha value is -2.87. The highest BCUT2D eigenvalue weighted by molar-refractivity contribution is 7.92. The van der Waals surface area contributed by atoms with E-state index in [0.717, 1.165) is 33.8 Å². The molecule has 30 heavy (non-hydrogen) atoms. The zero-order valence-corrected chi connectivity index (χ0v) is 18.5. The van der Waals surface area contributed by atoms with Crippen molar-refractivity contribution in [1.29, 1.82) is 0 Å². The standard InChI is InChI=1S/C22H27N3O4S/c1-15-7-8-16(2)20(14-15)25(30(4,28)29)17(3)22(27)23-18-9-11-19(12-10-18)24-13-5-6-21(24)26/h7-12,14,17H,5-6,13H2,1-4H3,(H,23,27)/t17-/m1/s1. The fourth-order valence-corrected chi connectivity index (χ4v) is 4.85. The molecule has 1 N–H and O–H groups in total. The van der Waals surface area contributed by atoms with Crippen LogP contribution in [0.1, 0.15) is 30.9 Å². The maximum absolute atomic E-state index is 12.9. The van der Waals surface area contributed by atoms with Crippen molar-refractivity contribution in [2.45, 2.75) is 39.7 Å². The van der Waals surface area contributed by atoms with Crippen molar-refractivity contribution >= 4 is 38.9 Å². The van der Waals surface area contributed by atoms with Gasteiger partial charge in [-0.2, -0.15) is 0 Å². The monoisotopic (exact) mass is 429 g/mol. The number of hydrogen-bond donors (Lipinski definition) is 1. The Morgan fingerprint density at radius 3 is 2.37 bits per heavy atom. The van der Waals surface area contributed by atoms with Crippen molar-refractivity contribution in [2.24, 2.45) is 0 Å². The van der Waals surface area contributed by atoms with E-state index in [9.17, 15) is 18.0 Å². The second-order valence-electron chi connectivity index (χ2n) is 7.71. The van der Waals surface area contributed by atoms with Crippen LogP contribution in [0, 0.1) is 13.8 Å². The van der Waals surface area contributed by atoms with Gasteiger partial charge in [0.15, 0.2) is 0 Å². The van der Waals surface area contributed by atoms with Gasteiger partial charge in [0.1, 0.15) is 6.04 Å². The highest BCUT2D eigenvalue weighted by Gasteiger charge is 2.30. The summed E-state index contributed by atoms with van der Waals surface area (Å²) in [7, 11) is -3.69. The molecule has 0 bridgehead atoms. The molecule has 1 heterocycles. The van der Waals surface area contributed by atoms with Gasteiger partial charge < -0.3 is 10.2 Å². The molecule has 1 aliphatic heterocycles. The maximum Gasteiger partial charge on any atom is 0.247 e. The zero-order valence-electron chi connectivity index (χ0n) is 17.7. The molecule has 0 aliphatic carbocycles. The van der Waals surface area contributed by atoms with Gasteiger partial charge in [-0.05, 0) is 68.7 Å². The Morgan fingerprint density at radius 1 is 1.13 bits per heavy atom. The summed E-state index contributed by atoms with van der Waals surface area (Å²) in [6, 6.07) is 11.6. The third-order valence-electron chi connectivity index (χ3n) is 5.21. The first-order chi connectivity index (χ1) is 14.1. The van der Waals surface area contributed by atoms with Gasteiger partial charge in [-0.1, -0.05) is 12.1 Å². The molecule has 1 atom stereocenters. The summed E-state index contributed by atoms with van der Waals surface area (Å²) in [5.41, 5.74) is 3.49. The number of carbonyl (C=O) groups is 2. The van der Waals surface area contributed by atoms with Crippen LogP contribution in [-0.4, -0.2) is 39.1 Å². The molecule has 0 spiro atoms. The van der Waals surface area contributed by atoms with Gasteiger partial charge in [0, 0.05) is 24.3 Å². The largest absolute Gasteiger partial charge is 0.324 e. The van der Waals surface area contributed by atoms with E-state index in [1.165, 1.54) is 0 Å². The second kappa shape index (κ2) is 8.47. The normalized spacial score (nSPS) is 15.2. The molecule has 0 unspecified atom stereocenters. The molecule has 1 saturated heterocycles. The quantitative estimate of drug-likeness (QED) is 0.764. The topological polar surface area (TPSA) is 86.8 Å². The highest BCUT2D eigenvalue weighted by Crippen LogP contribution is 2.27. The van der Waals surface area contributed by atoms with Crippen molar-refractivity contribution in [3.05, 3.63) is 53.6 Å². The number of benzene rings is 2. The minimum absolute atomic E-state index is 0.0951. The molecule has 2 aromatic rings. The Morgan fingerprint density at radius 2 is 1.80 bits per heavy atom. The molecular formula is C22H27N3O4S. The molecule has 8 heteroatoms. The fraction of sp³-hybridized carbons (Fsp3) is 0.364. The predicted octanol–water partition coefficient (Wildman–Crippen LogP) is 3.22. The molecule has 1 fully saturated rings. The molecule has 1 aliphatic rings. The zero-order chi connectivity index (χ0) is 22.1. The van der Waals surface area contributed by atoms with Gasteiger partial charge >= 0.3 is 0 Å². The number of anilines is 3. The third-order valence-corrected chi connectivity index (χ3v) is 6.44. The van der Waals surface area contributed by atoms with Crippen LogP contribution in [-0.2, 0) is 19.6 Å². The van der Waals surface area contributed by atoms with E-state index >= 15 is 0 Å². The number of aryl methyl sites for hydroxylation is 2. The Labute approximate surface area is 177 Å². The van der Waals surface area contributed by atoms with Gasteiger partial charge in [-0.15, -0.1) is 0 Å². The second-order valence-corrected chi connectivity index (χ2v) is 9.57. The molecule has 3 rings (SSSR count). The van der Waals surface area contributed by atoms with Crippen molar-refractivity contribution in [2.75, 3.05) is 27.3 Å². The van der Waals surface area contributed by atoms with Gasteiger partial charge in [0.05, 0.1) is 11.9 Å². The lowest BCUT2D eigenvalue weighted by Crippen LogP contribution is -2.45. The number of nitrogens with one attached hydrogen (secondary N) is 1. The number of amides is 2. The van der Waals surface area contributed by atoms with E-state index in [2.05, 4.69) is 5.32 Å². The summed E-state index contributed by atoms with van der Waals surface area (Å²) in [6.45, 7) is 5.95. The summed E-state index contributed by atoms with van der Waals surface area (Å²) in [6.07, 6.45) is 2.49. The van der Waals surface area contributed by atoms with Crippen LogP contribution >= 0.6 is 0 Å². The van der Waals surface area contributed by atoms with E-state index in [4.69, 9.17) is 0 Å². The van der Waals surface area contributed by atoms with Gasteiger partial charge in [0.25, 0.3) is 0 Å². The molecule has 0 aromatic heterocycles. The van der Waals surface area contributed by atoms with Gasteiger partial charge in [0.2, 0.25) is 21.8 Å². The van der Waals surface area contributed by atoms with Crippen LogP contribution in [0.2, 0.25) is 0 Å². The number of carbonyl (C=O) groups excluding carboxylic acids is 2. The smallest absolute Gasteiger partial charge is 0.247 e. The lowest BCUT2D eigenvalue weighted by molar-refractivity contribution is -0.117. The molecule has 0 radical (unpaired) electrons. The first kappa shape index (κ1) is 21.8. The Balaban J connectivity index is 1.80. The summed E-state index contributed by atoms with van der Waals surface area (Å²) < 4.78 is 26.2. The molecule has 2 amide bonds. The van der Waals surface area contributed by atoms with E-state index < -0.39 is 22.0 Å². The summed E-state index contributed by atoms with van der Waals surface area (Å²) >= 11 is 0. The van der Waals surface area contributed by atoms with Crippen LogP contribution in [0.3, 0.4) is 0 Å². The van der Waals surface area contributed by atoms with E-state index in [-0.39, 0.29) is 5.91 Å². The molecule has 2 aromatic carbocycles. The minimum Gasteiger partial charge on any atom is -0.324 e. The Bertz CT molecular complexity index is 1060.